The number of hydrogen-bond donors (Lipinski definition) is 3. The number of amides is 1. The minimum Gasteiger partial charge on any atom is -0.426 e. The van der Waals surface area contributed by atoms with Crippen LogP contribution in [0.4, 0.5) is 0 Å². The van der Waals surface area contributed by atoms with E-state index < -0.39 is 13.1 Å². The van der Waals surface area contributed by atoms with Crippen molar-refractivity contribution in [3.63, 3.8) is 0 Å². The molecule has 0 radical (unpaired) electrons. The molecule has 0 fully saturated rings. The fraction of sp³-hybridized carbons (Fsp3) is 0.316. The first-order chi connectivity index (χ1) is 13.1. The normalized spacial score (nSPS) is 12.1. The minimum atomic E-state index is -1.63. The smallest absolute Gasteiger partial charge is 0.426 e. The maximum atomic E-state index is 12.3. The molecule has 8 heteroatoms. The summed E-state index contributed by atoms with van der Waals surface area (Å²) in [6, 6.07) is 15.4. The molecule has 3 N–H and O–H groups in total. The number of rotatable bonds is 8. The highest BCUT2D eigenvalue weighted by atomic mass is 16.4. The topological polar surface area (TPSA) is 100 Å². The van der Waals surface area contributed by atoms with Gasteiger partial charge >= 0.3 is 7.12 Å². The quantitative estimate of drug-likeness (QED) is 0.519. The zero-order chi connectivity index (χ0) is 19.2. The SMILES string of the molecule is CCc1cccc(C[C@H](NC(=O)CCn2nnc3ccccc32)B(O)O)c1. The van der Waals surface area contributed by atoms with Crippen molar-refractivity contribution in [3.8, 4) is 0 Å². The number of para-hydroxylation sites is 1. The second-order valence-corrected chi connectivity index (χ2v) is 6.52. The molecule has 1 atom stereocenters. The number of hydrogen-bond acceptors (Lipinski definition) is 5. The molecule has 0 aliphatic carbocycles. The number of nitrogens with one attached hydrogen (secondary N) is 1. The molecular formula is C19H23BN4O3. The Balaban J connectivity index is 1.59. The Bertz CT molecular complexity index is 913. The summed E-state index contributed by atoms with van der Waals surface area (Å²) in [7, 11) is -1.63. The first-order valence-electron chi connectivity index (χ1n) is 9.08. The third-order valence-corrected chi connectivity index (χ3v) is 4.53. The van der Waals surface area contributed by atoms with Gasteiger partial charge in [-0.15, -0.1) is 5.10 Å². The molecule has 1 heterocycles. The summed E-state index contributed by atoms with van der Waals surface area (Å²) in [5.41, 5.74) is 3.76. The van der Waals surface area contributed by atoms with E-state index in [1.165, 1.54) is 5.56 Å². The highest BCUT2D eigenvalue weighted by Gasteiger charge is 2.25. The van der Waals surface area contributed by atoms with E-state index in [2.05, 4.69) is 22.6 Å². The zero-order valence-corrected chi connectivity index (χ0v) is 15.2. The second-order valence-electron chi connectivity index (χ2n) is 6.52. The number of carbonyl (C=O) groups excluding carboxylic acids is 1. The van der Waals surface area contributed by atoms with Gasteiger partial charge < -0.3 is 15.4 Å². The molecule has 7 nitrogen and oxygen atoms in total. The number of fused-ring (bicyclic) bond motifs is 1. The van der Waals surface area contributed by atoms with Gasteiger partial charge in [0.2, 0.25) is 5.91 Å². The maximum Gasteiger partial charge on any atom is 0.475 e. The summed E-state index contributed by atoms with van der Waals surface area (Å²) in [5.74, 6) is -1.03. The number of nitrogens with zero attached hydrogens (tertiary/aromatic N) is 3. The fourth-order valence-corrected chi connectivity index (χ4v) is 3.03. The van der Waals surface area contributed by atoms with Gasteiger partial charge in [0.15, 0.2) is 0 Å². The molecule has 2 aromatic carbocycles. The van der Waals surface area contributed by atoms with E-state index in [4.69, 9.17) is 0 Å². The van der Waals surface area contributed by atoms with Crippen molar-refractivity contribution in [3.05, 3.63) is 59.7 Å². The molecule has 0 saturated heterocycles. The Kier molecular flexibility index (Phi) is 6.21. The maximum absolute atomic E-state index is 12.3. The number of carbonyl (C=O) groups is 1. The number of aromatic nitrogens is 3. The van der Waals surface area contributed by atoms with Crippen molar-refractivity contribution in [2.75, 3.05) is 0 Å². The van der Waals surface area contributed by atoms with Gasteiger partial charge in [-0.3, -0.25) is 4.79 Å². The van der Waals surface area contributed by atoms with Crippen LogP contribution in [0.1, 0.15) is 24.5 Å². The molecular weight excluding hydrogens is 343 g/mol. The van der Waals surface area contributed by atoms with Crippen molar-refractivity contribution < 1.29 is 14.8 Å². The Labute approximate surface area is 158 Å². The largest absolute Gasteiger partial charge is 0.475 e. The lowest BCUT2D eigenvalue weighted by molar-refractivity contribution is -0.121. The molecule has 0 aliphatic rings. The van der Waals surface area contributed by atoms with E-state index in [9.17, 15) is 14.8 Å². The van der Waals surface area contributed by atoms with Gasteiger partial charge in [0.05, 0.1) is 18.0 Å². The zero-order valence-electron chi connectivity index (χ0n) is 15.2. The van der Waals surface area contributed by atoms with Crippen molar-refractivity contribution in [2.24, 2.45) is 0 Å². The van der Waals surface area contributed by atoms with E-state index >= 15 is 0 Å². The molecule has 0 bridgehead atoms. The fourth-order valence-electron chi connectivity index (χ4n) is 3.03. The molecule has 3 rings (SSSR count). The van der Waals surface area contributed by atoms with Crippen LogP contribution in [0.3, 0.4) is 0 Å². The second kappa shape index (κ2) is 8.79. The van der Waals surface area contributed by atoms with Crippen LogP contribution in [-0.4, -0.2) is 44.0 Å². The van der Waals surface area contributed by atoms with E-state index in [1.54, 1.807) is 4.68 Å². The van der Waals surface area contributed by atoms with Gasteiger partial charge in [-0.1, -0.05) is 48.5 Å². The van der Waals surface area contributed by atoms with Crippen molar-refractivity contribution >= 4 is 24.1 Å². The third-order valence-electron chi connectivity index (χ3n) is 4.53. The molecule has 0 aliphatic heterocycles. The van der Waals surface area contributed by atoms with Crippen LogP contribution in [-0.2, 0) is 24.2 Å². The van der Waals surface area contributed by atoms with Gasteiger partial charge in [-0.25, -0.2) is 4.68 Å². The standard InChI is InChI=1S/C19H23BN4O3/c1-2-14-6-5-7-15(12-14)13-18(20(26)27)21-19(25)10-11-24-17-9-4-3-8-16(17)22-23-24/h3-9,12,18,26-27H,2,10-11,13H2,1H3,(H,21,25)/t18-/m0/s1. The first kappa shape index (κ1) is 19.1. The Morgan fingerprint density at radius 1 is 1.19 bits per heavy atom. The van der Waals surface area contributed by atoms with Crippen molar-refractivity contribution in [1.29, 1.82) is 0 Å². The van der Waals surface area contributed by atoms with Gasteiger partial charge in [0.25, 0.3) is 0 Å². The summed E-state index contributed by atoms with van der Waals surface area (Å²) in [5, 5.41) is 30.1. The van der Waals surface area contributed by atoms with E-state index in [1.807, 2.05) is 48.5 Å². The summed E-state index contributed by atoms with van der Waals surface area (Å²) >= 11 is 0. The van der Waals surface area contributed by atoms with E-state index in [0.29, 0.717) is 13.0 Å². The van der Waals surface area contributed by atoms with Crippen molar-refractivity contribution in [2.45, 2.75) is 38.7 Å². The van der Waals surface area contributed by atoms with Crippen LogP contribution >= 0.6 is 0 Å². The van der Waals surface area contributed by atoms with Crippen LogP contribution in [0, 0.1) is 0 Å². The van der Waals surface area contributed by atoms with Crippen LogP contribution in [0.25, 0.3) is 11.0 Å². The third kappa shape index (κ3) is 4.93. The van der Waals surface area contributed by atoms with Crippen LogP contribution in [0.2, 0.25) is 0 Å². The predicted molar refractivity (Wildman–Crippen MR) is 104 cm³/mol. The Morgan fingerprint density at radius 3 is 2.74 bits per heavy atom. The molecule has 27 heavy (non-hydrogen) atoms. The Hall–Kier alpha value is -2.71. The lowest BCUT2D eigenvalue weighted by Crippen LogP contribution is -2.48. The monoisotopic (exact) mass is 366 g/mol. The molecule has 0 saturated carbocycles. The summed E-state index contributed by atoms with van der Waals surface area (Å²) in [6.45, 7) is 2.43. The first-order valence-corrected chi connectivity index (χ1v) is 9.08. The lowest BCUT2D eigenvalue weighted by Gasteiger charge is -2.18. The molecule has 0 unspecified atom stereocenters. The van der Waals surface area contributed by atoms with Gasteiger partial charge in [-0.2, -0.15) is 0 Å². The summed E-state index contributed by atoms with van der Waals surface area (Å²) < 4.78 is 1.67. The lowest BCUT2D eigenvalue weighted by atomic mass is 9.75. The summed E-state index contributed by atoms with van der Waals surface area (Å²) in [6.07, 6.45) is 1.42. The summed E-state index contributed by atoms with van der Waals surface area (Å²) in [4.78, 5) is 12.3. The number of benzene rings is 2. The average Bonchev–Trinajstić information content (AvgIpc) is 3.09. The molecule has 1 aromatic heterocycles. The van der Waals surface area contributed by atoms with E-state index in [0.717, 1.165) is 23.0 Å². The van der Waals surface area contributed by atoms with Gasteiger partial charge in [0, 0.05) is 6.42 Å². The molecule has 1 amide bonds. The predicted octanol–water partition coefficient (Wildman–Crippen LogP) is 1.12. The average molecular weight is 366 g/mol. The molecule has 0 spiro atoms. The molecule has 3 aromatic rings. The van der Waals surface area contributed by atoms with Crippen LogP contribution in [0.15, 0.2) is 48.5 Å². The van der Waals surface area contributed by atoms with Gasteiger partial charge in [-0.05, 0) is 36.1 Å². The number of aryl methyl sites for hydroxylation is 2. The van der Waals surface area contributed by atoms with Crippen LogP contribution in [0.5, 0.6) is 0 Å². The molecule has 140 valence electrons. The van der Waals surface area contributed by atoms with Crippen molar-refractivity contribution in [1.82, 2.24) is 20.3 Å². The van der Waals surface area contributed by atoms with Gasteiger partial charge in [0.1, 0.15) is 5.52 Å². The van der Waals surface area contributed by atoms with E-state index in [-0.39, 0.29) is 12.3 Å². The van der Waals surface area contributed by atoms with Crippen LogP contribution < -0.4 is 5.32 Å². The highest BCUT2D eigenvalue weighted by molar-refractivity contribution is 6.43. The Morgan fingerprint density at radius 2 is 1.96 bits per heavy atom. The minimum absolute atomic E-state index is 0.172. The highest BCUT2D eigenvalue weighted by Crippen LogP contribution is 2.11.